The minimum atomic E-state index is -3.45. The maximum Gasteiger partial charge on any atom is 0.240 e. The third-order valence-corrected chi connectivity index (χ3v) is 5.44. The SMILES string of the molecule is CC1(CNS(=O)(=O)c2ccc(OCCN)cc2)CCCC1. The standard InChI is InChI=1S/C15H24N2O3S/c1-15(8-2-3-9-15)12-17-21(18,19)14-6-4-13(5-7-14)20-11-10-16/h4-7,17H,2-3,8-12,16H2,1H3. The maximum absolute atomic E-state index is 12.3. The van der Waals surface area contributed by atoms with E-state index in [-0.39, 0.29) is 10.3 Å². The molecule has 0 atom stereocenters. The zero-order valence-corrected chi connectivity index (χ0v) is 13.3. The van der Waals surface area contributed by atoms with Crippen LogP contribution in [0.15, 0.2) is 29.2 Å². The van der Waals surface area contributed by atoms with Crippen molar-refractivity contribution in [1.82, 2.24) is 4.72 Å². The molecule has 6 heteroatoms. The van der Waals surface area contributed by atoms with Crippen LogP contribution in [0, 0.1) is 5.41 Å². The summed E-state index contributed by atoms with van der Waals surface area (Å²) < 4.78 is 32.6. The lowest BCUT2D eigenvalue weighted by molar-refractivity contribution is 0.328. The van der Waals surface area contributed by atoms with E-state index in [0.29, 0.717) is 25.4 Å². The molecule has 0 bridgehead atoms. The molecule has 1 saturated carbocycles. The Bertz CT molecular complexity index is 549. The van der Waals surface area contributed by atoms with Gasteiger partial charge >= 0.3 is 0 Å². The number of hydrogen-bond donors (Lipinski definition) is 2. The molecule has 0 heterocycles. The third-order valence-electron chi connectivity index (χ3n) is 4.02. The number of nitrogens with one attached hydrogen (secondary N) is 1. The molecule has 0 amide bonds. The predicted octanol–water partition coefficient (Wildman–Crippen LogP) is 1.88. The fourth-order valence-corrected chi connectivity index (χ4v) is 3.85. The summed E-state index contributed by atoms with van der Waals surface area (Å²) in [6, 6.07) is 6.43. The fraction of sp³-hybridized carbons (Fsp3) is 0.600. The van der Waals surface area contributed by atoms with Crippen LogP contribution in [-0.4, -0.2) is 28.1 Å². The zero-order valence-electron chi connectivity index (χ0n) is 12.5. The van der Waals surface area contributed by atoms with Gasteiger partial charge in [0.25, 0.3) is 0 Å². The number of ether oxygens (including phenoxy) is 1. The molecule has 1 aliphatic carbocycles. The van der Waals surface area contributed by atoms with Gasteiger partial charge in [0, 0.05) is 13.1 Å². The molecule has 118 valence electrons. The first-order valence-corrected chi connectivity index (χ1v) is 8.86. The van der Waals surface area contributed by atoms with Gasteiger partial charge in [0.05, 0.1) is 4.90 Å². The Morgan fingerprint density at radius 3 is 2.43 bits per heavy atom. The van der Waals surface area contributed by atoms with Gasteiger partial charge in [-0.15, -0.1) is 0 Å². The van der Waals surface area contributed by atoms with Crippen molar-refractivity contribution in [3.05, 3.63) is 24.3 Å². The molecule has 1 aromatic rings. The highest BCUT2D eigenvalue weighted by Crippen LogP contribution is 2.37. The summed E-state index contributed by atoms with van der Waals surface area (Å²) in [5.41, 5.74) is 5.45. The van der Waals surface area contributed by atoms with E-state index >= 15 is 0 Å². The van der Waals surface area contributed by atoms with Gasteiger partial charge < -0.3 is 10.5 Å². The topological polar surface area (TPSA) is 81.4 Å². The molecule has 1 aromatic carbocycles. The smallest absolute Gasteiger partial charge is 0.240 e. The lowest BCUT2D eigenvalue weighted by Gasteiger charge is -2.23. The summed E-state index contributed by atoms with van der Waals surface area (Å²) in [5, 5.41) is 0. The number of rotatable bonds is 7. The highest BCUT2D eigenvalue weighted by atomic mass is 32.2. The number of nitrogens with two attached hydrogens (primary N) is 1. The zero-order chi connectivity index (χ0) is 15.3. The Balaban J connectivity index is 1.98. The molecule has 0 aromatic heterocycles. The van der Waals surface area contributed by atoms with Crippen LogP contribution in [0.1, 0.15) is 32.6 Å². The van der Waals surface area contributed by atoms with E-state index in [0.717, 1.165) is 12.8 Å². The van der Waals surface area contributed by atoms with Crippen LogP contribution in [0.4, 0.5) is 0 Å². The number of sulfonamides is 1. The number of hydrogen-bond acceptors (Lipinski definition) is 4. The second-order valence-corrected chi connectivity index (χ2v) is 7.72. The van der Waals surface area contributed by atoms with Crippen LogP contribution in [0.25, 0.3) is 0 Å². The highest BCUT2D eigenvalue weighted by Gasteiger charge is 2.30. The first kappa shape index (κ1) is 16.3. The van der Waals surface area contributed by atoms with E-state index in [1.165, 1.54) is 12.8 Å². The molecule has 1 aliphatic rings. The molecule has 0 saturated heterocycles. The van der Waals surface area contributed by atoms with E-state index in [9.17, 15) is 8.42 Å². The highest BCUT2D eigenvalue weighted by molar-refractivity contribution is 7.89. The van der Waals surface area contributed by atoms with Gasteiger partial charge in [-0.3, -0.25) is 0 Å². The Morgan fingerprint density at radius 1 is 1.24 bits per heavy atom. The van der Waals surface area contributed by atoms with Crippen molar-refractivity contribution in [2.45, 2.75) is 37.5 Å². The molecular weight excluding hydrogens is 288 g/mol. The summed E-state index contributed by atoms with van der Waals surface area (Å²) in [4.78, 5) is 0.268. The van der Waals surface area contributed by atoms with E-state index in [2.05, 4.69) is 11.6 Å². The fourth-order valence-electron chi connectivity index (χ4n) is 2.65. The monoisotopic (exact) mass is 312 g/mol. The van der Waals surface area contributed by atoms with Gasteiger partial charge in [0.15, 0.2) is 0 Å². The second kappa shape index (κ2) is 6.77. The molecule has 0 spiro atoms. The summed E-state index contributed by atoms with van der Waals surface area (Å²) in [5.74, 6) is 0.627. The van der Waals surface area contributed by atoms with E-state index in [1.807, 2.05) is 0 Å². The first-order chi connectivity index (χ1) is 9.95. The van der Waals surface area contributed by atoms with Crippen LogP contribution in [-0.2, 0) is 10.0 Å². The Morgan fingerprint density at radius 2 is 1.86 bits per heavy atom. The van der Waals surface area contributed by atoms with Gasteiger partial charge in [-0.05, 0) is 42.5 Å². The molecule has 0 unspecified atom stereocenters. The van der Waals surface area contributed by atoms with Crippen LogP contribution < -0.4 is 15.2 Å². The Hall–Kier alpha value is -1.11. The van der Waals surface area contributed by atoms with Crippen LogP contribution in [0.2, 0.25) is 0 Å². The third kappa shape index (κ3) is 4.43. The van der Waals surface area contributed by atoms with Crippen LogP contribution in [0.3, 0.4) is 0 Å². The average molecular weight is 312 g/mol. The summed E-state index contributed by atoms with van der Waals surface area (Å²) in [7, 11) is -3.45. The summed E-state index contributed by atoms with van der Waals surface area (Å²) in [6.45, 7) is 3.50. The second-order valence-electron chi connectivity index (χ2n) is 5.95. The normalized spacial score (nSPS) is 17.8. The van der Waals surface area contributed by atoms with Crippen LogP contribution in [0.5, 0.6) is 5.75 Å². The molecule has 21 heavy (non-hydrogen) atoms. The van der Waals surface area contributed by atoms with Gasteiger partial charge in [-0.1, -0.05) is 19.8 Å². The molecule has 5 nitrogen and oxygen atoms in total. The van der Waals surface area contributed by atoms with Crippen molar-refractivity contribution in [2.75, 3.05) is 19.7 Å². The quantitative estimate of drug-likeness (QED) is 0.805. The van der Waals surface area contributed by atoms with Gasteiger partial charge in [0.2, 0.25) is 10.0 Å². The van der Waals surface area contributed by atoms with Crippen molar-refractivity contribution < 1.29 is 13.2 Å². The predicted molar refractivity (Wildman–Crippen MR) is 82.8 cm³/mol. The summed E-state index contributed by atoms with van der Waals surface area (Å²) >= 11 is 0. The molecule has 2 rings (SSSR count). The van der Waals surface area contributed by atoms with Crippen molar-refractivity contribution >= 4 is 10.0 Å². The molecule has 3 N–H and O–H groups in total. The van der Waals surface area contributed by atoms with Gasteiger partial charge in [0.1, 0.15) is 12.4 Å². The Kier molecular flexibility index (Phi) is 5.24. The minimum Gasteiger partial charge on any atom is -0.492 e. The number of benzene rings is 1. The average Bonchev–Trinajstić information content (AvgIpc) is 2.91. The Labute approximate surface area is 126 Å². The first-order valence-electron chi connectivity index (χ1n) is 7.38. The molecule has 1 fully saturated rings. The van der Waals surface area contributed by atoms with Gasteiger partial charge in [-0.2, -0.15) is 0 Å². The van der Waals surface area contributed by atoms with Crippen LogP contribution >= 0.6 is 0 Å². The largest absolute Gasteiger partial charge is 0.492 e. The molecule has 0 aliphatic heterocycles. The lowest BCUT2D eigenvalue weighted by atomic mass is 9.89. The van der Waals surface area contributed by atoms with Crippen molar-refractivity contribution in [1.29, 1.82) is 0 Å². The van der Waals surface area contributed by atoms with Crippen molar-refractivity contribution in [3.8, 4) is 5.75 Å². The van der Waals surface area contributed by atoms with Gasteiger partial charge in [-0.25, -0.2) is 13.1 Å². The molecular formula is C15H24N2O3S. The van der Waals surface area contributed by atoms with E-state index in [4.69, 9.17) is 10.5 Å². The molecule has 0 radical (unpaired) electrons. The summed E-state index contributed by atoms with van der Waals surface area (Å²) in [6.07, 6.45) is 4.54. The van der Waals surface area contributed by atoms with E-state index in [1.54, 1.807) is 24.3 Å². The maximum atomic E-state index is 12.3. The minimum absolute atomic E-state index is 0.0945. The van der Waals surface area contributed by atoms with Crippen molar-refractivity contribution in [2.24, 2.45) is 11.1 Å². The van der Waals surface area contributed by atoms with Crippen molar-refractivity contribution in [3.63, 3.8) is 0 Å². The van der Waals surface area contributed by atoms with E-state index < -0.39 is 10.0 Å². The lowest BCUT2D eigenvalue weighted by Crippen LogP contribution is -2.34.